The van der Waals surface area contributed by atoms with Gasteiger partial charge in [-0.05, 0) is 32.9 Å². The van der Waals surface area contributed by atoms with Crippen molar-refractivity contribution in [2.75, 3.05) is 5.12 Å². The molecule has 2 aromatic rings. The molecule has 0 bridgehead atoms. The standard InChI is InChI=1S/C18H21N3O4/c1-13(22)21(19-17(24)25-18(2,3)4)20-12-8-11-15(20)16(23)14-9-6-5-7-10-14/h5-12H,1-4H3,(H,19,24). The third-order valence-electron chi connectivity index (χ3n) is 3.11. The van der Waals surface area contributed by atoms with Gasteiger partial charge in [-0.1, -0.05) is 30.3 Å². The van der Waals surface area contributed by atoms with E-state index < -0.39 is 17.6 Å². The molecule has 7 heteroatoms. The molecule has 2 amide bonds. The van der Waals surface area contributed by atoms with E-state index in [2.05, 4.69) is 5.43 Å². The van der Waals surface area contributed by atoms with Gasteiger partial charge in [-0.2, -0.15) is 0 Å². The number of carbonyl (C=O) groups excluding carboxylic acids is 3. The number of aromatic nitrogens is 1. The van der Waals surface area contributed by atoms with Gasteiger partial charge in [0.05, 0.1) is 0 Å². The highest BCUT2D eigenvalue weighted by molar-refractivity contribution is 6.08. The third kappa shape index (κ3) is 4.69. The normalized spacial score (nSPS) is 10.9. The molecular weight excluding hydrogens is 322 g/mol. The highest BCUT2D eigenvalue weighted by atomic mass is 16.6. The summed E-state index contributed by atoms with van der Waals surface area (Å²) in [6, 6.07) is 11.9. The first-order chi connectivity index (χ1) is 11.7. The number of nitrogens with zero attached hydrogens (tertiary/aromatic N) is 2. The molecule has 1 aromatic heterocycles. The van der Waals surface area contributed by atoms with Crippen molar-refractivity contribution in [1.29, 1.82) is 0 Å². The summed E-state index contributed by atoms with van der Waals surface area (Å²) in [5.74, 6) is -0.757. The van der Waals surface area contributed by atoms with E-state index in [1.54, 1.807) is 57.2 Å². The second-order valence-electron chi connectivity index (χ2n) is 6.38. The zero-order valence-electron chi connectivity index (χ0n) is 14.6. The lowest BCUT2D eigenvalue weighted by molar-refractivity contribution is -0.119. The summed E-state index contributed by atoms with van der Waals surface area (Å²) in [7, 11) is 0. The zero-order valence-corrected chi connectivity index (χ0v) is 14.6. The van der Waals surface area contributed by atoms with Crippen LogP contribution in [0.3, 0.4) is 0 Å². The lowest BCUT2D eigenvalue weighted by atomic mass is 10.1. The average molecular weight is 343 g/mol. The fourth-order valence-corrected chi connectivity index (χ4v) is 2.14. The predicted molar refractivity (Wildman–Crippen MR) is 92.6 cm³/mol. The van der Waals surface area contributed by atoms with Crippen molar-refractivity contribution < 1.29 is 19.1 Å². The van der Waals surface area contributed by atoms with Crippen molar-refractivity contribution in [2.45, 2.75) is 33.3 Å². The minimum absolute atomic E-state index is 0.234. The zero-order chi connectivity index (χ0) is 18.6. The lowest BCUT2D eigenvalue weighted by Crippen LogP contribution is -2.54. The third-order valence-corrected chi connectivity index (χ3v) is 3.11. The van der Waals surface area contributed by atoms with Gasteiger partial charge in [-0.3, -0.25) is 9.59 Å². The van der Waals surface area contributed by atoms with Gasteiger partial charge in [-0.25, -0.2) is 14.9 Å². The molecule has 0 radical (unpaired) electrons. The van der Waals surface area contributed by atoms with Gasteiger partial charge in [0, 0.05) is 18.7 Å². The van der Waals surface area contributed by atoms with E-state index >= 15 is 0 Å². The second-order valence-corrected chi connectivity index (χ2v) is 6.38. The number of hydrogen-bond donors (Lipinski definition) is 1. The van der Waals surface area contributed by atoms with Crippen LogP contribution in [0.5, 0.6) is 0 Å². The minimum atomic E-state index is -0.797. The van der Waals surface area contributed by atoms with Gasteiger partial charge in [-0.15, -0.1) is 5.12 Å². The van der Waals surface area contributed by atoms with Gasteiger partial charge in [0.25, 0.3) is 5.91 Å². The Morgan fingerprint density at radius 1 is 1.04 bits per heavy atom. The molecule has 2 rings (SSSR count). The monoisotopic (exact) mass is 343 g/mol. The molecule has 0 spiro atoms. The molecular formula is C18H21N3O4. The fraction of sp³-hybridized carbons (Fsp3) is 0.278. The molecule has 132 valence electrons. The molecule has 1 heterocycles. The number of ether oxygens (including phenoxy) is 1. The fourth-order valence-electron chi connectivity index (χ4n) is 2.14. The summed E-state index contributed by atoms with van der Waals surface area (Å²) in [5, 5.41) is 0.935. The molecule has 0 saturated carbocycles. The molecule has 0 fully saturated rings. The number of benzene rings is 1. The van der Waals surface area contributed by atoms with E-state index in [-0.39, 0.29) is 11.5 Å². The molecule has 0 unspecified atom stereocenters. The Hall–Kier alpha value is -3.09. The molecule has 0 aliphatic rings. The van der Waals surface area contributed by atoms with Crippen LogP contribution in [0.2, 0.25) is 0 Å². The second kappa shape index (κ2) is 7.21. The maximum atomic E-state index is 12.7. The highest BCUT2D eigenvalue weighted by Crippen LogP contribution is 2.12. The van der Waals surface area contributed by atoms with Crippen molar-refractivity contribution in [3.8, 4) is 0 Å². The van der Waals surface area contributed by atoms with Crippen LogP contribution in [0.1, 0.15) is 43.7 Å². The topological polar surface area (TPSA) is 80.6 Å². The van der Waals surface area contributed by atoms with Crippen LogP contribution in [0.25, 0.3) is 0 Å². The van der Waals surface area contributed by atoms with Gasteiger partial charge in [0.15, 0.2) is 0 Å². The first-order valence-corrected chi connectivity index (χ1v) is 7.77. The maximum Gasteiger partial charge on any atom is 0.428 e. The number of hydrogen-bond acceptors (Lipinski definition) is 4. The summed E-state index contributed by atoms with van der Waals surface area (Å²) in [6.07, 6.45) is 0.712. The molecule has 0 aliphatic heterocycles. The van der Waals surface area contributed by atoms with Crippen molar-refractivity contribution in [3.05, 3.63) is 59.9 Å². The van der Waals surface area contributed by atoms with Crippen LogP contribution in [0, 0.1) is 0 Å². The molecule has 25 heavy (non-hydrogen) atoms. The number of ketones is 1. The summed E-state index contributed by atoms with van der Waals surface area (Å²) in [6.45, 7) is 6.41. The molecule has 0 atom stereocenters. The van der Waals surface area contributed by atoms with Crippen LogP contribution in [0.15, 0.2) is 48.7 Å². The van der Waals surface area contributed by atoms with Gasteiger partial charge < -0.3 is 4.74 Å². The Balaban J connectivity index is 2.29. The highest BCUT2D eigenvalue weighted by Gasteiger charge is 2.23. The molecule has 0 aliphatic carbocycles. The van der Waals surface area contributed by atoms with Gasteiger partial charge in [0.2, 0.25) is 5.78 Å². The molecule has 7 nitrogen and oxygen atoms in total. The van der Waals surface area contributed by atoms with Crippen molar-refractivity contribution >= 4 is 17.8 Å². The van der Waals surface area contributed by atoms with Gasteiger partial charge in [0.1, 0.15) is 11.3 Å². The van der Waals surface area contributed by atoms with Crippen LogP contribution >= 0.6 is 0 Å². The number of hydrazine groups is 1. The van der Waals surface area contributed by atoms with Gasteiger partial charge >= 0.3 is 6.09 Å². The minimum Gasteiger partial charge on any atom is -0.443 e. The van der Waals surface area contributed by atoms with E-state index in [1.165, 1.54) is 17.8 Å². The lowest BCUT2D eigenvalue weighted by Gasteiger charge is -2.26. The molecule has 1 N–H and O–H groups in total. The van der Waals surface area contributed by atoms with E-state index in [0.29, 0.717) is 5.56 Å². The average Bonchev–Trinajstić information content (AvgIpc) is 3.00. The molecule has 1 aromatic carbocycles. The Bertz CT molecular complexity index is 775. The Morgan fingerprint density at radius 2 is 1.68 bits per heavy atom. The van der Waals surface area contributed by atoms with E-state index in [1.807, 2.05) is 6.07 Å². The maximum absolute atomic E-state index is 12.7. The van der Waals surface area contributed by atoms with Crippen LogP contribution < -0.4 is 10.5 Å². The number of nitrogens with one attached hydrogen (secondary N) is 1. The number of amides is 2. The van der Waals surface area contributed by atoms with Crippen LogP contribution in [-0.2, 0) is 9.53 Å². The quantitative estimate of drug-likeness (QED) is 0.686. The summed E-state index contributed by atoms with van der Waals surface area (Å²) < 4.78 is 6.44. The summed E-state index contributed by atoms with van der Waals surface area (Å²) in [4.78, 5) is 36.6. The van der Waals surface area contributed by atoms with E-state index in [0.717, 1.165) is 5.12 Å². The van der Waals surface area contributed by atoms with Crippen molar-refractivity contribution in [2.24, 2.45) is 0 Å². The van der Waals surface area contributed by atoms with Crippen molar-refractivity contribution in [1.82, 2.24) is 10.1 Å². The Labute approximate surface area is 146 Å². The predicted octanol–water partition coefficient (Wildman–Crippen LogP) is 2.64. The largest absolute Gasteiger partial charge is 0.443 e. The first-order valence-electron chi connectivity index (χ1n) is 7.77. The Morgan fingerprint density at radius 3 is 2.24 bits per heavy atom. The Kier molecular flexibility index (Phi) is 5.26. The van der Waals surface area contributed by atoms with E-state index in [4.69, 9.17) is 4.74 Å². The first kappa shape index (κ1) is 18.3. The van der Waals surface area contributed by atoms with Crippen LogP contribution in [-0.4, -0.2) is 28.1 Å². The molecule has 0 saturated heterocycles. The summed E-state index contributed by atoms with van der Waals surface area (Å²) in [5.41, 5.74) is 2.35. The smallest absolute Gasteiger partial charge is 0.428 e. The number of carbonyl (C=O) groups is 3. The number of rotatable bonds is 3. The van der Waals surface area contributed by atoms with Crippen molar-refractivity contribution in [3.63, 3.8) is 0 Å². The van der Waals surface area contributed by atoms with Crippen LogP contribution in [0.4, 0.5) is 4.79 Å². The van der Waals surface area contributed by atoms with E-state index in [9.17, 15) is 14.4 Å². The summed E-state index contributed by atoms with van der Waals surface area (Å²) >= 11 is 0. The SMILES string of the molecule is CC(=O)N(NC(=O)OC(C)(C)C)n1cccc1C(=O)c1ccccc1.